The van der Waals surface area contributed by atoms with E-state index in [2.05, 4.69) is 23.0 Å². The van der Waals surface area contributed by atoms with Gasteiger partial charge in [0.05, 0.1) is 12.3 Å². The maximum absolute atomic E-state index is 9.51. The second-order valence-electron chi connectivity index (χ2n) is 6.06. The lowest BCUT2D eigenvalue weighted by Gasteiger charge is -2.01. The fourth-order valence-electron chi connectivity index (χ4n) is 3.07. The Bertz CT molecular complexity index is 1010. The van der Waals surface area contributed by atoms with Gasteiger partial charge in [-0.2, -0.15) is 0 Å². The molecule has 0 heterocycles. The van der Waals surface area contributed by atoms with Gasteiger partial charge in [-0.05, 0) is 58.7 Å². The monoisotopic (exact) mass is 344 g/mol. The van der Waals surface area contributed by atoms with E-state index in [1.54, 1.807) is 6.08 Å². The average molecular weight is 344 g/mol. The fourth-order valence-corrected chi connectivity index (χ4v) is 3.07. The summed E-state index contributed by atoms with van der Waals surface area (Å²) in [4.78, 5) is 4.38. The molecule has 3 rings (SSSR count). The third-order valence-corrected chi connectivity index (χ3v) is 4.35. The molecule has 0 unspecified atom stereocenters. The molecule has 0 spiro atoms. The van der Waals surface area contributed by atoms with Crippen molar-refractivity contribution < 1.29 is 9.84 Å². The van der Waals surface area contributed by atoms with Gasteiger partial charge < -0.3 is 9.84 Å². The zero-order valence-corrected chi connectivity index (χ0v) is 14.9. The van der Waals surface area contributed by atoms with Crippen molar-refractivity contribution >= 4 is 11.8 Å². The van der Waals surface area contributed by atoms with Gasteiger partial charge in [-0.15, -0.1) is 0 Å². The molecule has 1 aliphatic rings. The predicted octanol–water partition coefficient (Wildman–Crippen LogP) is 4.11. The first-order valence-electron chi connectivity index (χ1n) is 8.71. The molecule has 0 radical (unpaired) electrons. The van der Waals surface area contributed by atoms with Gasteiger partial charge in [0.15, 0.2) is 0 Å². The standard InChI is InChI=1S/C23H21NO2/c1-26-23(25)15-14-19-11-7-13-21(19)22-12-6-5-10-20(22)17-24-16-18-8-3-2-4-9-18/h2-6,8-10,12,14-15,17H,7,11,13H2,1H3/p+1/b19-14+,20-17-,22-21+,23-15+. The van der Waals surface area contributed by atoms with E-state index in [4.69, 9.17) is 4.74 Å². The van der Waals surface area contributed by atoms with Crippen molar-refractivity contribution in [2.24, 2.45) is 0 Å². The summed E-state index contributed by atoms with van der Waals surface area (Å²) in [5, 5.41) is 11.8. The fraction of sp³-hybridized carbons (Fsp3) is 0.174. The maximum Gasteiger partial charge on any atom is 0.319 e. The van der Waals surface area contributed by atoms with Crippen molar-refractivity contribution in [3.63, 3.8) is 0 Å². The number of nitrogens with zero attached hydrogens (tertiary/aromatic N) is 1. The summed E-state index contributed by atoms with van der Waals surface area (Å²) in [5.41, 5.74) is 3.48. The van der Waals surface area contributed by atoms with Crippen molar-refractivity contribution in [1.82, 2.24) is 0 Å². The molecule has 1 saturated carbocycles. The molecular formula is C23H22NO2+. The number of ether oxygens (including phenoxy) is 1. The van der Waals surface area contributed by atoms with Crippen LogP contribution in [0.2, 0.25) is 0 Å². The molecule has 0 amide bonds. The lowest BCUT2D eigenvalue weighted by atomic mass is 10.0. The van der Waals surface area contributed by atoms with E-state index in [-0.39, 0.29) is 5.95 Å². The molecule has 2 aromatic carbocycles. The lowest BCUT2D eigenvalue weighted by molar-refractivity contribution is 0.136. The highest BCUT2D eigenvalue weighted by Crippen LogP contribution is 2.30. The first-order valence-corrected chi connectivity index (χ1v) is 8.71. The quantitative estimate of drug-likeness (QED) is 0.832. The van der Waals surface area contributed by atoms with E-state index in [1.165, 1.54) is 23.5 Å². The van der Waals surface area contributed by atoms with E-state index in [1.807, 2.05) is 54.7 Å². The summed E-state index contributed by atoms with van der Waals surface area (Å²) in [7, 11) is 1.45. The summed E-state index contributed by atoms with van der Waals surface area (Å²) in [6.07, 6.45) is 8.52. The van der Waals surface area contributed by atoms with Crippen LogP contribution < -0.4 is 10.4 Å². The van der Waals surface area contributed by atoms with Crippen LogP contribution in [0.15, 0.2) is 78.3 Å². The number of methoxy groups -OCH3 is 1. The molecule has 0 bridgehead atoms. The Balaban J connectivity index is 2.05. The molecule has 1 aliphatic carbocycles. The molecule has 0 aromatic heterocycles. The molecular weight excluding hydrogens is 322 g/mol. The van der Waals surface area contributed by atoms with Gasteiger partial charge in [0.1, 0.15) is 5.56 Å². The van der Waals surface area contributed by atoms with E-state index in [9.17, 15) is 5.11 Å². The molecule has 0 atom stereocenters. The average Bonchev–Trinajstić information content (AvgIpc) is 3.15. The largest absolute Gasteiger partial charge is 0.481 e. The molecule has 130 valence electrons. The minimum Gasteiger partial charge on any atom is -0.481 e. The zero-order valence-electron chi connectivity index (χ0n) is 14.9. The van der Waals surface area contributed by atoms with Crippen LogP contribution in [0.3, 0.4) is 0 Å². The van der Waals surface area contributed by atoms with Crippen LogP contribution in [-0.4, -0.2) is 12.2 Å². The van der Waals surface area contributed by atoms with Crippen LogP contribution in [0.1, 0.15) is 24.8 Å². The van der Waals surface area contributed by atoms with Crippen LogP contribution >= 0.6 is 0 Å². The Morgan fingerprint density at radius 1 is 1.08 bits per heavy atom. The van der Waals surface area contributed by atoms with Gasteiger partial charge in [0, 0.05) is 6.08 Å². The van der Waals surface area contributed by atoms with Gasteiger partial charge in [0.2, 0.25) is 0 Å². The third-order valence-electron chi connectivity index (χ3n) is 4.35. The summed E-state index contributed by atoms with van der Waals surface area (Å²) in [6, 6.07) is 21.2. The minimum absolute atomic E-state index is 0.0781. The SMILES string of the molecule is CO/C(O)=C/C=C1\CCC\C1=c1\cccc\c1=C\[N+]#Cc1ccccc1. The van der Waals surface area contributed by atoms with Crippen LogP contribution in [-0.2, 0) is 4.74 Å². The van der Waals surface area contributed by atoms with E-state index in [0.29, 0.717) is 0 Å². The molecule has 0 saturated heterocycles. The van der Waals surface area contributed by atoms with Crippen molar-refractivity contribution in [3.05, 3.63) is 99.1 Å². The normalized spacial score (nSPS) is 18.6. The molecule has 26 heavy (non-hydrogen) atoms. The molecule has 0 aliphatic heterocycles. The van der Waals surface area contributed by atoms with Gasteiger partial charge in [0.25, 0.3) is 5.95 Å². The molecule has 3 nitrogen and oxygen atoms in total. The molecule has 2 aromatic rings. The van der Waals surface area contributed by atoms with Crippen LogP contribution in [0, 0.1) is 6.07 Å². The topological polar surface area (TPSA) is 33.8 Å². The van der Waals surface area contributed by atoms with Crippen molar-refractivity contribution in [1.29, 1.82) is 0 Å². The summed E-state index contributed by atoms with van der Waals surface area (Å²) in [5.74, 6) is -0.0781. The lowest BCUT2D eigenvalue weighted by Crippen LogP contribution is -2.25. The number of aliphatic hydroxyl groups is 1. The van der Waals surface area contributed by atoms with Gasteiger partial charge in [-0.1, -0.05) is 42.5 Å². The number of benzene rings is 2. The Morgan fingerprint density at radius 3 is 2.65 bits per heavy atom. The van der Waals surface area contributed by atoms with Crippen LogP contribution in [0.5, 0.6) is 0 Å². The van der Waals surface area contributed by atoms with E-state index < -0.39 is 0 Å². The zero-order chi connectivity index (χ0) is 18.2. The highest BCUT2D eigenvalue weighted by Gasteiger charge is 2.14. The van der Waals surface area contributed by atoms with Crippen molar-refractivity contribution in [3.8, 4) is 6.07 Å². The van der Waals surface area contributed by atoms with Gasteiger partial charge in [-0.25, -0.2) is 0 Å². The third kappa shape index (κ3) is 4.43. The number of hydrogen-bond acceptors (Lipinski definition) is 2. The number of rotatable bonds is 2. The Hall–Kier alpha value is -3.25. The number of aliphatic hydroxyl groups excluding tert-OH is 1. The van der Waals surface area contributed by atoms with Crippen molar-refractivity contribution in [2.75, 3.05) is 7.11 Å². The van der Waals surface area contributed by atoms with E-state index >= 15 is 0 Å². The predicted molar refractivity (Wildman–Crippen MR) is 106 cm³/mol. The first kappa shape index (κ1) is 17.6. The second kappa shape index (κ2) is 8.73. The van der Waals surface area contributed by atoms with Gasteiger partial charge in [-0.3, -0.25) is 0 Å². The molecule has 1 fully saturated rings. The first-order chi connectivity index (χ1) is 12.8. The Morgan fingerprint density at radius 2 is 1.85 bits per heavy atom. The Kier molecular flexibility index (Phi) is 5.90. The summed E-state index contributed by atoms with van der Waals surface area (Å²) >= 11 is 0. The molecule has 1 N–H and O–H groups in total. The number of hydrogen-bond donors (Lipinski definition) is 1. The molecule has 3 heteroatoms. The minimum atomic E-state index is -0.0781. The summed E-state index contributed by atoms with van der Waals surface area (Å²) in [6.45, 7) is 0. The van der Waals surface area contributed by atoms with E-state index in [0.717, 1.165) is 30.0 Å². The summed E-state index contributed by atoms with van der Waals surface area (Å²) < 4.78 is 4.80. The highest BCUT2D eigenvalue weighted by atomic mass is 16.6. The second-order valence-corrected chi connectivity index (χ2v) is 6.06. The number of allylic oxidation sites excluding steroid dienone is 3. The van der Waals surface area contributed by atoms with Gasteiger partial charge >= 0.3 is 12.3 Å². The smallest absolute Gasteiger partial charge is 0.319 e. The Labute approximate surface area is 153 Å². The van der Waals surface area contributed by atoms with Crippen molar-refractivity contribution in [2.45, 2.75) is 19.3 Å². The maximum atomic E-state index is 9.51. The van der Waals surface area contributed by atoms with Crippen LogP contribution in [0.4, 0.5) is 0 Å². The highest BCUT2D eigenvalue weighted by molar-refractivity contribution is 5.67. The van der Waals surface area contributed by atoms with Crippen LogP contribution in [0.25, 0.3) is 16.6 Å².